The van der Waals surface area contributed by atoms with Crippen LogP contribution in [0.2, 0.25) is 0 Å². The summed E-state index contributed by atoms with van der Waals surface area (Å²) in [4.78, 5) is 11.7. The first-order valence-electron chi connectivity index (χ1n) is 6.08. The van der Waals surface area contributed by atoms with E-state index in [0.29, 0.717) is 18.3 Å². The molecule has 1 aromatic carbocycles. The van der Waals surface area contributed by atoms with Gasteiger partial charge in [-0.1, -0.05) is 19.9 Å². The van der Waals surface area contributed by atoms with Crippen molar-refractivity contribution in [2.24, 2.45) is 5.92 Å². The normalized spacial score (nSPS) is 18.8. The topological polar surface area (TPSA) is 38.3 Å². The second-order valence-electron chi connectivity index (χ2n) is 5.03. The van der Waals surface area contributed by atoms with Crippen LogP contribution in [0.5, 0.6) is 5.75 Å². The fourth-order valence-corrected chi connectivity index (χ4v) is 2.44. The molecule has 1 aromatic rings. The molecule has 1 unspecified atom stereocenters. The molecule has 1 amide bonds. The highest BCUT2D eigenvalue weighted by Gasteiger charge is 2.25. The van der Waals surface area contributed by atoms with Gasteiger partial charge in [-0.15, -0.1) is 0 Å². The molecular weight excluding hydrogens is 214 g/mol. The highest BCUT2D eigenvalue weighted by atomic mass is 16.5. The van der Waals surface area contributed by atoms with E-state index in [2.05, 4.69) is 25.2 Å². The van der Waals surface area contributed by atoms with E-state index in [4.69, 9.17) is 4.74 Å². The van der Waals surface area contributed by atoms with E-state index >= 15 is 0 Å². The van der Waals surface area contributed by atoms with Crippen molar-refractivity contribution in [1.29, 1.82) is 0 Å². The van der Waals surface area contributed by atoms with E-state index in [-0.39, 0.29) is 5.91 Å². The maximum atomic E-state index is 11.7. The van der Waals surface area contributed by atoms with Crippen LogP contribution in [0.1, 0.15) is 38.2 Å². The van der Waals surface area contributed by atoms with Crippen LogP contribution in [0, 0.1) is 5.92 Å². The minimum Gasteiger partial charge on any atom is -0.497 e. The summed E-state index contributed by atoms with van der Waals surface area (Å²) in [6, 6.07) is 5.93. The summed E-state index contributed by atoms with van der Waals surface area (Å²) < 4.78 is 5.18. The Morgan fingerprint density at radius 3 is 2.88 bits per heavy atom. The summed E-state index contributed by atoms with van der Waals surface area (Å²) in [5.74, 6) is 1.83. The zero-order valence-corrected chi connectivity index (χ0v) is 10.6. The largest absolute Gasteiger partial charge is 0.497 e. The number of carbonyl (C=O) groups excluding carboxylic acids is 1. The van der Waals surface area contributed by atoms with Gasteiger partial charge in [0.25, 0.3) is 0 Å². The lowest BCUT2D eigenvalue weighted by atomic mass is 9.84. The number of hydrogen-bond acceptors (Lipinski definition) is 2. The first kappa shape index (κ1) is 12.0. The van der Waals surface area contributed by atoms with E-state index in [1.165, 1.54) is 5.56 Å². The summed E-state index contributed by atoms with van der Waals surface area (Å²) in [7, 11) is 1.64. The van der Waals surface area contributed by atoms with Gasteiger partial charge in [-0.3, -0.25) is 4.79 Å². The molecule has 3 heteroatoms. The maximum absolute atomic E-state index is 11.7. The molecule has 0 aliphatic carbocycles. The number of ether oxygens (including phenoxy) is 1. The minimum atomic E-state index is 0.108. The van der Waals surface area contributed by atoms with Crippen molar-refractivity contribution in [1.82, 2.24) is 0 Å². The second kappa shape index (κ2) is 4.78. The Labute approximate surface area is 102 Å². The number of rotatable bonds is 3. The van der Waals surface area contributed by atoms with Crippen LogP contribution < -0.4 is 10.1 Å². The minimum absolute atomic E-state index is 0.108. The van der Waals surface area contributed by atoms with Gasteiger partial charge in [0, 0.05) is 18.2 Å². The molecule has 0 aromatic heterocycles. The number of nitrogens with one attached hydrogen (secondary N) is 1. The molecule has 0 saturated carbocycles. The second-order valence-corrected chi connectivity index (χ2v) is 5.03. The summed E-state index contributed by atoms with van der Waals surface area (Å²) >= 11 is 0. The Bertz CT molecular complexity index is 426. The van der Waals surface area contributed by atoms with Crippen molar-refractivity contribution >= 4 is 11.6 Å². The smallest absolute Gasteiger partial charge is 0.224 e. The monoisotopic (exact) mass is 233 g/mol. The lowest BCUT2D eigenvalue weighted by Gasteiger charge is -2.27. The maximum Gasteiger partial charge on any atom is 0.224 e. The number of anilines is 1. The predicted octanol–water partition coefficient (Wildman–Crippen LogP) is 3.17. The number of benzene rings is 1. The highest BCUT2D eigenvalue weighted by Crippen LogP contribution is 2.37. The number of methoxy groups -OCH3 is 1. The first-order chi connectivity index (χ1) is 8.10. The predicted molar refractivity (Wildman–Crippen MR) is 68.4 cm³/mol. The van der Waals surface area contributed by atoms with Gasteiger partial charge in [-0.25, -0.2) is 0 Å². The number of amides is 1. The molecule has 0 fully saturated rings. The molecule has 1 aliphatic heterocycles. The fraction of sp³-hybridized carbons (Fsp3) is 0.500. The molecule has 0 spiro atoms. The van der Waals surface area contributed by atoms with Crippen molar-refractivity contribution in [3.63, 3.8) is 0 Å². The van der Waals surface area contributed by atoms with Crippen molar-refractivity contribution in [2.75, 3.05) is 12.4 Å². The zero-order chi connectivity index (χ0) is 12.4. The van der Waals surface area contributed by atoms with Gasteiger partial charge in [0.15, 0.2) is 0 Å². The molecule has 1 N–H and O–H groups in total. The van der Waals surface area contributed by atoms with E-state index in [1.54, 1.807) is 7.11 Å². The van der Waals surface area contributed by atoms with Gasteiger partial charge >= 0.3 is 0 Å². The van der Waals surface area contributed by atoms with Crippen LogP contribution >= 0.6 is 0 Å². The summed E-state index contributed by atoms with van der Waals surface area (Å²) in [6.45, 7) is 4.38. The average molecular weight is 233 g/mol. The molecular formula is C14H19NO2. The fourth-order valence-electron chi connectivity index (χ4n) is 2.44. The molecule has 0 radical (unpaired) electrons. The van der Waals surface area contributed by atoms with Crippen molar-refractivity contribution < 1.29 is 9.53 Å². The van der Waals surface area contributed by atoms with Gasteiger partial charge in [0.05, 0.1) is 7.11 Å². The zero-order valence-electron chi connectivity index (χ0n) is 10.6. The van der Waals surface area contributed by atoms with Crippen LogP contribution in [0.3, 0.4) is 0 Å². The molecule has 3 nitrogen and oxygen atoms in total. The Balaban J connectivity index is 2.33. The standard InChI is InChI=1S/C14H19NO2/c1-9(2)6-10-7-14(16)15-13-8-11(17-3)4-5-12(10)13/h4-5,8-10H,6-7H2,1-3H3,(H,15,16). The third-order valence-corrected chi connectivity index (χ3v) is 3.16. The SMILES string of the molecule is COc1ccc2c(c1)NC(=O)CC2CC(C)C. The van der Waals surface area contributed by atoms with Gasteiger partial charge in [0.1, 0.15) is 5.75 Å². The average Bonchev–Trinajstić information content (AvgIpc) is 2.27. The first-order valence-corrected chi connectivity index (χ1v) is 6.08. The summed E-state index contributed by atoms with van der Waals surface area (Å²) in [6.07, 6.45) is 1.64. The lowest BCUT2D eigenvalue weighted by molar-refractivity contribution is -0.116. The molecule has 2 rings (SSSR count). The number of carbonyl (C=O) groups is 1. The molecule has 92 valence electrons. The van der Waals surface area contributed by atoms with Gasteiger partial charge in [0.2, 0.25) is 5.91 Å². The Kier molecular flexibility index (Phi) is 3.36. The Morgan fingerprint density at radius 2 is 2.24 bits per heavy atom. The highest BCUT2D eigenvalue weighted by molar-refractivity contribution is 5.95. The Hall–Kier alpha value is -1.51. The van der Waals surface area contributed by atoms with E-state index in [9.17, 15) is 4.79 Å². The van der Waals surface area contributed by atoms with Gasteiger partial charge < -0.3 is 10.1 Å². The molecule has 1 atom stereocenters. The Morgan fingerprint density at radius 1 is 1.47 bits per heavy atom. The molecule has 1 aliphatic rings. The number of fused-ring (bicyclic) bond motifs is 1. The number of hydrogen-bond donors (Lipinski definition) is 1. The quantitative estimate of drug-likeness (QED) is 0.870. The molecule has 0 bridgehead atoms. The molecule has 1 heterocycles. The third kappa shape index (κ3) is 2.60. The van der Waals surface area contributed by atoms with Crippen LogP contribution in [0.15, 0.2) is 18.2 Å². The lowest BCUT2D eigenvalue weighted by Crippen LogP contribution is -2.23. The van der Waals surface area contributed by atoms with Crippen molar-refractivity contribution in [2.45, 2.75) is 32.6 Å². The van der Waals surface area contributed by atoms with Crippen LogP contribution in [-0.4, -0.2) is 13.0 Å². The van der Waals surface area contributed by atoms with Crippen LogP contribution in [0.25, 0.3) is 0 Å². The van der Waals surface area contributed by atoms with Gasteiger partial charge in [-0.05, 0) is 29.9 Å². The van der Waals surface area contributed by atoms with E-state index < -0.39 is 0 Å². The molecule has 0 saturated heterocycles. The summed E-state index contributed by atoms with van der Waals surface area (Å²) in [5.41, 5.74) is 2.14. The van der Waals surface area contributed by atoms with E-state index in [0.717, 1.165) is 17.9 Å². The van der Waals surface area contributed by atoms with Crippen molar-refractivity contribution in [3.05, 3.63) is 23.8 Å². The summed E-state index contributed by atoms with van der Waals surface area (Å²) in [5, 5.41) is 2.92. The van der Waals surface area contributed by atoms with Crippen molar-refractivity contribution in [3.8, 4) is 5.75 Å². The molecule has 17 heavy (non-hydrogen) atoms. The van der Waals surface area contributed by atoms with Gasteiger partial charge in [-0.2, -0.15) is 0 Å². The van der Waals surface area contributed by atoms with Crippen LogP contribution in [-0.2, 0) is 4.79 Å². The van der Waals surface area contributed by atoms with Crippen LogP contribution in [0.4, 0.5) is 5.69 Å². The third-order valence-electron chi connectivity index (χ3n) is 3.16. The van der Waals surface area contributed by atoms with E-state index in [1.807, 2.05) is 12.1 Å².